The number of hydrogen-bond donors (Lipinski definition) is 5. The van der Waals surface area contributed by atoms with Gasteiger partial charge in [0, 0.05) is 17.3 Å². The SMILES string of the molecule is CO/N=C(/C(=O)N[C@H]1C(=O)N2C(C(=O)O)=C(Cn3ccc(=N)n3CCO)CS[C@H]12)c1csc(N)n1. The van der Waals surface area contributed by atoms with Crippen molar-refractivity contribution in [1.29, 1.82) is 5.41 Å². The van der Waals surface area contributed by atoms with Crippen molar-refractivity contribution in [3.8, 4) is 0 Å². The number of carboxylic acid groups (broad SMARTS) is 1. The number of β-lactam (4-membered cyclic amide) rings is 1. The van der Waals surface area contributed by atoms with Crippen molar-refractivity contribution < 1.29 is 29.4 Å². The molecule has 2 aromatic rings. The van der Waals surface area contributed by atoms with E-state index in [2.05, 4.69) is 15.5 Å². The first kappa shape index (κ1) is 24.5. The number of nitrogen functional groups attached to an aromatic ring is 1. The van der Waals surface area contributed by atoms with Gasteiger partial charge in [0.1, 0.15) is 35.4 Å². The Bertz CT molecular complexity index is 1290. The van der Waals surface area contributed by atoms with Crippen LogP contribution >= 0.6 is 23.1 Å². The zero-order valence-corrected chi connectivity index (χ0v) is 20.0. The normalized spacial score (nSPS) is 19.9. The molecule has 1 saturated heterocycles. The van der Waals surface area contributed by atoms with E-state index in [4.69, 9.17) is 16.0 Å². The number of carbonyl (C=O) groups is 3. The van der Waals surface area contributed by atoms with E-state index >= 15 is 0 Å². The van der Waals surface area contributed by atoms with Crippen LogP contribution in [0.4, 0.5) is 5.13 Å². The van der Waals surface area contributed by atoms with Crippen LogP contribution in [0, 0.1) is 5.41 Å². The smallest absolute Gasteiger partial charge is 0.352 e. The van der Waals surface area contributed by atoms with Crippen LogP contribution in [0.25, 0.3) is 0 Å². The molecule has 0 aromatic carbocycles. The standard InChI is InChI=1S/C19H22N8O6S2/c1-33-24-12(10-8-35-19(21)22-10)15(29)23-13-16(30)27-14(18(31)32)9(7-34-17(13)27)6-25-3-2-11(20)26(25)4-5-28/h2-3,8,13,17,20,28H,4-7H2,1H3,(H2,21,22)(H,23,29)(H,31,32)/b20-11?,24-12+/t13-,17+/m0/s1. The molecule has 0 saturated carbocycles. The highest BCUT2D eigenvalue weighted by Crippen LogP contribution is 2.40. The lowest BCUT2D eigenvalue weighted by atomic mass is 10.0. The van der Waals surface area contributed by atoms with Crippen LogP contribution in [0.1, 0.15) is 5.69 Å². The van der Waals surface area contributed by atoms with Crippen LogP contribution < -0.4 is 16.5 Å². The van der Waals surface area contributed by atoms with Gasteiger partial charge in [-0.2, -0.15) is 0 Å². The minimum Gasteiger partial charge on any atom is -0.477 e. The quantitative estimate of drug-likeness (QED) is 0.149. The second-order valence-electron chi connectivity index (χ2n) is 7.46. The Kier molecular flexibility index (Phi) is 6.95. The summed E-state index contributed by atoms with van der Waals surface area (Å²) in [5, 5.41) is 34.5. The predicted molar refractivity (Wildman–Crippen MR) is 125 cm³/mol. The van der Waals surface area contributed by atoms with Crippen LogP contribution in [0.5, 0.6) is 0 Å². The maximum Gasteiger partial charge on any atom is 0.352 e. The van der Waals surface area contributed by atoms with Gasteiger partial charge in [-0.15, -0.1) is 23.1 Å². The molecule has 0 aliphatic carbocycles. The van der Waals surface area contributed by atoms with E-state index in [1.54, 1.807) is 10.9 Å². The van der Waals surface area contributed by atoms with E-state index in [-0.39, 0.29) is 53.2 Å². The highest BCUT2D eigenvalue weighted by molar-refractivity contribution is 8.00. The van der Waals surface area contributed by atoms with E-state index in [0.29, 0.717) is 5.57 Å². The predicted octanol–water partition coefficient (Wildman–Crippen LogP) is -1.41. The van der Waals surface area contributed by atoms with Crippen molar-refractivity contribution in [2.75, 3.05) is 25.2 Å². The first-order valence-electron chi connectivity index (χ1n) is 10.2. The lowest BCUT2D eigenvalue weighted by molar-refractivity contribution is -0.150. The van der Waals surface area contributed by atoms with Gasteiger partial charge < -0.3 is 26.1 Å². The third-order valence-corrected chi connectivity index (χ3v) is 7.37. The summed E-state index contributed by atoms with van der Waals surface area (Å²) in [6.45, 7) is 0.108. The number of thiazole rings is 1. The topological polar surface area (TPSA) is 201 Å². The molecule has 1 fully saturated rings. The zero-order valence-electron chi connectivity index (χ0n) is 18.4. The Morgan fingerprint density at radius 2 is 2.23 bits per heavy atom. The number of nitrogens with two attached hydrogens (primary N) is 1. The number of nitrogens with zero attached hydrogens (tertiary/aromatic N) is 5. The fraction of sp³-hybridized carbons (Fsp3) is 0.368. The van der Waals surface area contributed by atoms with Crippen LogP contribution in [0.3, 0.4) is 0 Å². The number of aliphatic hydroxyl groups excluding tert-OH is 1. The Labute approximate surface area is 206 Å². The van der Waals surface area contributed by atoms with E-state index < -0.39 is 29.2 Å². The average Bonchev–Trinajstić information content (AvgIpc) is 3.41. The molecular formula is C19H22N8O6S2. The molecule has 2 atom stereocenters. The van der Waals surface area contributed by atoms with Crippen molar-refractivity contribution >= 4 is 51.7 Å². The van der Waals surface area contributed by atoms with E-state index in [9.17, 15) is 24.6 Å². The largest absolute Gasteiger partial charge is 0.477 e. The first-order chi connectivity index (χ1) is 16.8. The van der Waals surface area contributed by atoms with Gasteiger partial charge in [-0.05, 0) is 11.6 Å². The highest BCUT2D eigenvalue weighted by Gasteiger charge is 2.54. The van der Waals surface area contributed by atoms with Crippen molar-refractivity contribution in [3.63, 3.8) is 0 Å². The summed E-state index contributed by atoms with van der Waals surface area (Å²) in [5.41, 5.74) is 6.14. The molecule has 2 aromatic heterocycles. The summed E-state index contributed by atoms with van der Waals surface area (Å²) in [5.74, 6) is -2.26. The van der Waals surface area contributed by atoms with Crippen LogP contribution in [-0.2, 0) is 32.3 Å². The fourth-order valence-corrected chi connectivity index (χ4v) is 5.73. The van der Waals surface area contributed by atoms with Gasteiger partial charge in [0.05, 0.1) is 19.7 Å². The maximum atomic E-state index is 13.0. The van der Waals surface area contributed by atoms with Crippen LogP contribution in [0.15, 0.2) is 34.1 Å². The number of thioether (sulfide) groups is 1. The Hall–Kier alpha value is -3.63. The molecule has 186 valence electrons. The van der Waals surface area contributed by atoms with Gasteiger partial charge in [0.2, 0.25) is 0 Å². The Morgan fingerprint density at radius 1 is 1.46 bits per heavy atom. The number of amides is 2. The molecule has 35 heavy (non-hydrogen) atoms. The summed E-state index contributed by atoms with van der Waals surface area (Å²) >= 11 is 2.43. The van der Waals surface area contributed by atoms with Crippen LogP contribution in [-0.4, -0.2) is 83.8 Å². The van der Waals surface area contributed by atoms with Gasteiger partial charge in [-0.1, -0.05) is 5.16 Å². The molecule has 2 aliphatic heterocycles. The number of aliphatic carboxylic acids is 1. The molecule has 0 bridgehead atoms. The lowest BCUT2D eigenvalue weighted by Crippen LogP contribution is -2.71. The monoisotopic (exact) mass is 522 g/mol. The van der Waals surface area contributed by atoms with E-state index in [1.807, 2.05) is 0 Å². The number of nitrogens with one attached hydrogen (secondary N) is 2. The molecule has 0 spiro atoms. The molecule has 14 nitrogen and oxygen atoms in total. The summed E-state index contributed by atoms with van der Waals surface area (Å²) < 4.78 is 3.13. The highest BCUT2D eigenvalue weighted by atomic mass is 32.2. The summed E-state index contributed by atoms with van der Waals surface area (Å²) in [4.78, 5) is 47.8. The zero-order chi connectivity index (χ0) is 25.3. The van der Waals surface area contributed by atoms with E-state index in [0.717, 1.165) is 16.2 Å². The van der Waals surface area contributed by atoms with Crippen molar-refractivity contribution in [1.82, 2.24) is 24.6 Å². The molecule has 6 N–H and O–H groups in total. The first-order valence-corrected chi connectivity index (χ1v) is 12.1. The van der Waals surface area contributed by atoms with E-state index in [1.165, 1.54) is 35.0 Å². The van der Waals surface area contributed by atoms with Gasteiger partial charge >= 0.3 is 5.97 Å². The van der Waals surface area contributed by atoms with Crippen LogP contribution in [0.2, 0.25) is 0 Å². The third-order valence-electron chi connectivity index (χ3n) is 5.36. The molecule has 4 heterocycles. The molecular weight excluding hydrogens is 500 g/mol. The Morgan fingerprint density at radius 3 is 2.86 bits per heavy atom. The minimum absolute atomic E-state index is 0.122. The number of hydrogen-bond acceptors (Lipinski definition) is 11. The number of fused-ring (bicyclic) bond motifs is 1. The number of anilines is 1. The van der Waals surface area contributed by atoms with Gasteiger partial charge in [-0.3, -0.25) is 29.3 Å². The molecule has 0 radical (unpaired) electrons. The van der Waals surface area contributed by atoms with Crippen molar-refractivity contribution in [2.24, 2.45) is 5.16 Å². The number of carbonyl (C=O) groups excluding carboxylic acids is 2. The fourth-order valence-electron chi connectivity index (χ4n) is 3.85. The molecule has 2 aliphatic rings. The second kappa shape index (κ2) is 9.93. The number of oxime groups is 1. The van der Waals surface area contributed by atoms with Gasteiger partial charge in [0.15, 0.2) is 10.8 Å². The summed E-state index contributed by atoms with van der Waals surface area (Å²) in [6, 6.07) is 0.567. The van der Waals surface area contributed by atoms with Crippen molar-refractivity contribution in [2.45, 2.75) is 24.5 Å². The second-order valence-corrected chi connectivity index (χ2v) is 9.45. The number of aliphatic hydroxyl groups is 1. The third kappa shape index (κ3) is 4.54. The molecule has 0 unspecified atom stereocenters. The molecule has 4 rings (SSSR count). The number of aromatic nitrogens is 3. The minimum atomic E-state index is -1.27. The average molecular weight is 523 g/mol. The molecule has 16 heteroatoms. The van der Waals surface area contributed by atoms with Gasteiger partial charge in [0.25, 0.3) is 11.8 Å². The number of carboxylic acids is 1. The Balaban J connectivity index is 1.55. The summed E-state index contributed by atoms with van der Waals surface area (Å²) in [6.07, 6.45) is 1.62. The lowest BCUT2D eigenvalue weighted by Gasteiger charge is -2.49. The van der Waals surface area contributed by atoms with Crippen molar-refractivity contribution in [3.05, 3.63) is 40.1 Å². The number of rotatable bonds is 9. The molecule has 2 amide bonds. The summed E-state index contributed by atoms with van der Waals surface area (Å²) in [7, 11) is 1.26. The maximum absolute atomic E-state index is 13.0. The van der Waals surface area contributed by atoms with Gasteiger partial charge in [-0.25, -0.2) is 9.78 Å².